The number of nitrogens with two attached hydrogens (primary N) is 1. The number of esters is 1. The number of carbonyl (C=O) groups excluding carboxylic acids is 3. The fourth-order valence-electron chi connectivity index (χ4n) is 3.54. The summed E-state index contributed by atoms with van der Waals surface area (Å²) >= 11 is 0. The van der Waals surface area contributed by atoms with Crippen molar-refractivity contribution >= 4 is 18.0 Å². The van der Waals surface area contributed by atoms with E-state index in [4.69, 9.17) is 15.0 Å². The molecule has 1 aliphatic heterocycles. The Morgan fingerprint density at radius 1 is 1.15 bits per heavy atom. The van der Waals surface area contributed by atoms with Gasteiger partial charge in [-0.05, 0) is 43.5 Å². The second-order valence-corrected chi connectivity index (χ2v) is 7.29. The van der Waals surface area contributed by atoms with E-state index in [1.54, 1.807) is 23.1 Å². The number of carbonyl (C=O) groups is 3. The highest BCUT2D eigenvalue weighted by Crippen LogP contribution is 2.31. The number of hydrogen-bond donors (Lipinski definition) is 1. The molecular formula is C22H21N5O6. The first-order valence-corrected chi connectivity index (χ1v) is 10.3. The van der Waals surface area contributed by atoms with Crippen LogP contribution in [-0.2, 0) is 9.53 Å². The van der Waals surface area contributed by atoms with Gasteiger partial charge in [-0.1, -0.05) is 23.4 Å². The van der Waals surface area contributed by atoms with Gasteiger partial charge in [0.05, 0.1) is 0 Å². The third-order valence-electron chi connectivity index (χ3n) is 5.08. The molecule has 11 nitrogen and oxygen atoms in total. The van der Waals surface area contributed by atoms with Crippen molar-refractivity contribution in [3.05, 3.63) is 60.2 Å². The number of amides is 2. The van der Waals surface area contributed by atoms with Gasteiger partial charge in [-0.3, -0.25) is 4.79 Å². The average Bonchev–Trinajstić information content (AvgIpc) is 3.33. The first-order chi connectivity index (χ1) is 16.0. The summed E-state index contributed by atoms with van der Waals surface area (Å²) in [6, 6.07) is 11.7. The minimum Gasteiger partial charge on any atom is -0.484 e. The molecule has 11 heteroatoms. The maximum Gasteiger partial charge on any atom is 0.412 e. The van der Waals surface area contributed by atoms with E-state index in [0.29, 0.717) is 24.3 Å². The lowest BCUT2D eigenvalue weighted by molar-refractivity contribution is -0.138. The summed E-state index contributed by atoms with van der Waals surface area (Å²) < 4.78 is 15.4. The Kier molecular flexibility index (Phi) is 6.58. The Morgan fingerprint density at radius 2 is 1.97 bits per heavy atom. The Labute approximate surface area is 188 Å². The third kappa shape index (κ3) is 5.32. The van der Waals surface area contributed by atoms with Crippen LogP contribution in [-0.4, -0.2) is 51.1 Å². The van der Waals surface area contributed by atoms with Crippen molar-refractivity contribution in [2.75, 3.05) is 13.2 Å². The minimum atomic E-state index is -1.23. The lowest BCUT2D eigenvalue weighted by Crippen LogP contribution is -2.41. The number of para-hydroxylation sites is 1. The zero-order valence-corrected chi connectivity index (χ0v) is 17.5. The molecule has 0 aliphatic carbocycles. The van der Waals surface area contributed by atoms with E-state index in [9.17, 15) is 14.4 Å². The minimum absolute atomic E-state index is 0.100. The van der Waals surface area contributed by atoms with Gasteiger partial charge < -0.3 is 24.6 Å². The molecule has 33 heavy (non-hydrogen) atoms. The van der Waals surface area contributed by atoms with Gasteiger partial charge >= 0.3 is 12.1 Å². The molecule has 1 fully saturated rings. The summed E-state index contributed by atoms with van der Waals surface area (Å²) in [7, 11) is 0. The summed E-state index contributed by atoms with van der Waals surface area (Å²) in [5, 5.41) is 3.98. The van der Waals surface area contributed by atoms with Gasteiger partial charge in [-0.25, -0.2) is 14.6 Å². The molecule has 3 aromatic rings. The van der Waals surface area contributed by atoms with Crippen LogP contribution in [0.25, 0.3) is 11.4 Å². The SMILES string of the molecule is NC(=O)OC(=O)c1cc(-c2noc(C3CCCCN3C(=O)COc3ccccc3)n2)ccn1. The molecule has 0 spiro atoms. The summed E-state index contributed by atoms with van der Waals surface area (Å²) in [6.07, 6.45) is 2.56. The van der Waals surface area contributed by atoms with Crippen LogP contribution in [0, 0.1) is 0 Å². The lowest BCUT2D eigenvalue weighted by atomic mass is 10.0. The monoisotopic (exact) mass is 451 g/mol. The largest absolute Gasteiger partial charge is 0.484 e. The van der Waals surface area contributed by atoms with Crippen molar-refractivity contribution in [3.8, 4) is 17.1 Å². The molecule has 3 heterocycles. The van der Waals surface area contributed by atoms with Crippen LogP contribution < -0.4 is 10.5 Å². The first kappa shape index (κ1) is 21.9. The highest BCUT2D eigenvalue weighted by Gasteiger charge is 2.32. The molecular weight excluding hydrogens is 430 g/mol. The summed E-state index contributed by atoms with van der Waals surface area (Å²) in [4.78, 5) is 45.5. The quantitative estimate of drug-likeness (QED) is 0.440. The smallest absolute Gasteiger partial charge is 0.412 e. The molecule has 1 unspecified atom stereocenters. The van der Waals surface area contributed by atoms with E-state index in [1.807, 2.05) is 18.2 Å². The van der Waals surface area contributed by atoms with Gasteiger partial charge in [-0.2, -0.15) is 4.98 Å². The number of nitrogens with zero attached hydrogens (tertiary/aromatic N) is 4. The molecule has 4 rings (SSSR count). The predicted molar refractivity (Wildman–Crippen MR) is 113 cm³/mol. The molecule has 170 valence electrons. The van der Waals surface area contributed by atoms with Crippen LogP contribution in [0.3, 0.4) is 0 Å². The van der Waals surface area contributed by atoms with E-state index in [2.05, 4.69) is 19.9 Å². The fourth-order valence-corrected chi connectivity index (χ4v) is 3.54. The number of pyridine rings is 1. The van der Waals surface area contributed by atoms with Gasteiger partial charge in [0.25, 0.3) is 5.91 Å². The number of hydrogen-bond acceptors (Lipinski definition) is 9. The van der Waals surface area contributed by atoms with Crippen molar-refractivity contribution in [1.82, 2.24) is 20.0 Å². The van der Waals surface area contributed by atoms with Crippen LogP contribution in [0.15, 0.2) is 53.2 Å². The van der Waals surface area contributed by atoms with Crippen molar-refractivity contribution in [3.63, 3.8) is 0 Å². The van der Waals surface area contributed by atoms with Crippen molar-refractivity contribution in [2.45, 2.75) is 25.3 Å². The average molecular weight is 451 g/mol. The third-order valence-corrected chi connectivity index (χ3v) is 5.08. The fraction of sp³-hybridized carbons (Fsp3) is 0.273. The Hall–Kier alpha value is -4.28. The van der Waals surface area contributed by atoms with Gasteiger partial charge in [-0.15, -0.1) is 0 Å². The number of ether oxygens (including phenoxy) is 2. The van der Waals surface area contributed by atoms with E-state index in [-0.39, 0.29) is 36.0 Å². The van der Waals surface area contributed by atoms with Crippen LogP contribution in [0.4, 0.5) is 4.79 Å². The topological polar surface area (TPSA) is 151 Å². The maximum atomic E-state index is 12.9. The molecule has 0 bridgehead atoms. The molecule has 1 aromatic carbocycles. The zero-order valence-electron chi connectivity index (χ0n) is 17.5. The predicted octanol–water partition coefficient (Wildman–Crippen LogP) is 2.50. The molecule has 2 aromatic heterocycles. The van der Waals surface area contributed by atoms with E-state index >= 15 is 0 Å². The molecule has 1 aliphatic rings. The Morgan fingerprint density at radius 3 is 2.76 bits per heavy atom. The van der Waals surface area contributed by atoms with E-state index < -0.39 is 12.1 Å². The van der Waals surface area contributed by atoms with Gasteiger partial charge in [0.2, 0.25) is 11.7 Å². The second-order valence-electron chi connectivity index (χ2n) is 7.29. The summed E-state index contributed by atoms with van der Waals surface area (Å²) in [5.41, 5.74) is 5.16. The van der Waals surface area contributed by atoms with E-state index in [1.165, 1.54) is 12.3 Å². The molecule has 1 atom stereocenters. The molecule has 0 saturated carbocycles. The summed E-state index contributed by atoms with van der Waals surface area (Å²) in [6.45, 7) is 0.453. The molecule has 2 N–H and O–H groups in total. The normalized spacial score (nSPS) is 15.6. The van der Waals surface area contributed by atoms with Gasteiger partial charge in [0.1, 0.15) is 17.5 Å². The van der Waals surface area contributed by atoms with Crippen LogP contribution in [0.1, 0.15) is 41.7 Å². The Balaban J connectivity index is 1.48. The van der Waals surface area contributed by atoms with Crippen molar-refractivity contribution in [1.29, 1.82) is 0 Å². The molecule has 0 radical (unpaired) electrons. The number of piperidine rings is 1. The highest BCUT2D eigenvalue weighted by molar-refractivity contribution is 5.95. The number of benzene rings is 1. The summed E-state index contributed by atoms with van der Waals surface area (Å²) in [5.74, 6) is -0.0584. The van der Waals surface area contributed by atoms with Crippen LogP contribution in [0.2, 0.25) is 0 Å². The second kappa shape index (κ2) is 9.90. The van der Waals surface area contributed by atoms with Crippen molar-refractivity contribution < 1.29 is 28.4 Å². The van der Waals surface area contributed by atoms with Crippen LogP contribution >= 0.6 is 0 Å². The maximum absolute atomic E-state index is 12.9. The molecule has 2 amide bonds. The zero-order chi connectivity index (χ0) is 23.2. The highest BCUT2D eigenvalue weighted by atomic mass is 16.6. The van der Waals surface area contributed by atoms with Crippen LogP contribution in [0.5, 0.6) is 5.75 Å². The number of aromatic nitrogens is 3. The first-order valence-electron chi connectivity index (χ1n) is 10.3. The van der Waals surface area contributed by atoms with E-state index in [0.717, 1.165) is 12.8 Å². The standard InChI is InChI=1S/C22H21N5O6/c23-22(30)32-21(29)16-12-14(9-10-24-16)19-25-20(33-26-19)17-8-4-5-11-27(17)18(28)13-31-15-6-2-1-3-7-15/h1-3,6-7,9-10,12,17H,4-5,8,11,13H2,(H2,23,30). The number of likely N-dealkylation sites (tertiary alicyclic amines) is 1. The number of primary amides is 1. The Bertz CT molecular complexity index is 1150. The number of rotatable bonds is 6. The van der Waals surface area contributed by atoms with Gasteiger partial charge in [0.15, 0.2) is 6.61 Å². The van der Waals surface area contributed by atoms with Crippen molar-refractivity contribution in [2.24, 2.45) is 5.73 Å². The molecule has 1 saturated heterocycles. The lowest BCUT2D eigenvalue weighted by Gasteiger charge is -2.33. The van der Waals surface area contributed by atoms with Gasteiger partial charge in [0, 0.05) is 18.3 Å².